The number of nitrogens with zero attached hydrogens (tertiary/aromatic N) is 1. The lowest BCUT2D eigenvalue weighted by atomic mass is 9.88. The summed E-state index contributed by atoms with van der Waals surface area (Å²) in [6.07, 6.45) is 7.39. The molecule has 3 atom stereocenters. The van der Waals surface area contributed by atoms with E-state index < -0.39 is 10.2 Å². The average molecular weight is 317 g/mol. The van der Waals surface area contributed by atoms with Crippen LogP contribution in [0.1, 0.15) is 58.8 Å². The zero-order chi connectivity index (χ0) is 15.3. The summed E-state index contributed by atoms with van der Waals surface area (Å²) in [5.41, 5.74) is 0. The number of likely N-dealkylation sites (N-methyl/N-ethyl adjacent to an activating group) is 1. The molecule has 0 bridgehead atoms. The summed E-state index contributed by atoms with van der Waals surface area (Å²) < 4.78 is 30.1. The maximum Gasteiger partial charge on any atom is 0.279 e. The van der Waals surface area contributed by atoms with Crippen LogP contribution in [0.25, 0.3) is 0 Å². The predicted octanol–water partition coefficient (Wildman–Crippen LogP) is 1.86. The Morgan fingerprint density at radius 1 is 1.14 bits per heavy atom. The molecular weight excluding hydrogens is 286 g/mol. The lowest BCUT2D eigenvalue weighted by molar-refractivity contribution is 0.238. The SMILES string of the molecule is CCNCC1CCCCN1S(=O)(=O)NC1CCCC(C)C1. The van der Waals surface area contributed by atoms with Crippen LogP contribution in [-0.2, 0) is 10.2 Å². The maximum absolute atomic E-state index is 12.7. The molecule has 124 valence electrons. The van der Waals surface area contributed by atoms with E-state index in [1.807, 2.05) is 0 Å². The fourth-order valence-corrected chi connectivity index (χ4v) is 5.34. The fourth-order valence-electron chi connectivity index (χ4n) is 3.62. The van der Waals surface area contributed by atoms with Crippen molar-refractivity contribution in [2.75, 3.05) is 19.6 Å². The second kappa shape index (κ2) is 7.90. The molecule has 1 saturated heterocycles. The molecular formula is C15H31N3O2S. The quantitative estimate of drug-likeness (QED) is 0.786. The summed E-state index contributed by atoms with van der Waals surface area (Å²) >= 11 is 0. The monoisotopic (exact) mass is 317 g/mol. The van der Waals surface area contributed by atoms with E-state index in [2.05, 4.69) is 23.9 Å². The molecule has 2 N–H and O–H groups in total. The van der Waals surface area contributed by atoms with Crippen molar-refractivity contribution in [1.29, 1.82) is 0 Å². The van der Waals surface area contributed by atoms with Crippen LogP contribution in [0.3, 0.4) is 0 Å². The summed E-state index contributed by atoms with van der Waals surface area (Å²) in [6, 6.07) is 0.234. The van der Waals surface area contributed by atoms with Crippen molar-refractivity contribution in [3.8, 4) is 0 Å². The first kappa shape index (κ1) is 17.2. The van der Waals surface area contributed by atoms with Gasteiger partial charge >= 0.3 is 0 Å². The summed E-state index contributed by atoms with van der Waals surface area (Å²) in [7, 11) is -3.34. The number of piperidine rings is 1. The van der Waals surface area contributed by atoms with Gasteiger partial charge in [0, 0.05) is 25.2 Å². The van der Waals surface area contributed by atoms with Crippen LogP contribution < -0.4 is 10.0 Å². The summed E-state index contributed by atoms with van der Waals surface area (Å²) in [5, 5.41) is 3.30. The van der Waals surface area contributed by atoms with Crippen molar-refractivity contribution in [3.05, 3.63) is 0 Å². The second-order valence-electron chi connectivity index (χ2n) is 6.66. The van der Waals surface area contributed by atoms with Crippen LogP contribution in [0.4, 0.5) is 0 Å². The molecule has 0 aromatic rings. The highest BCUT2D eigenvalue weighted by Gasteiger charge is 2.34. The Bertz CT molecular complexity index is 413. The molecule has 2 aliphatic rings. The normalized spacial score (nSPS) is 32.2. The van der Waals surface area contributed by atoms with Crippen LogP contribution in [0.15, 0.2) is 0 Å². The molecule has 1 saturated carbocycles. The molecule has 0 spiro atoms. The maximum atomic E-state index is 12.7. The van der Waals surface area contributed by atoms with Gasteiger partial charge in [-0.2, -0.15) is 17.4 Å². The third-order valence-corrected chi connectivity index (χ3v) is 6.49. The molecule has 6 heteroatoms. The van der Waals surface area contributed by atoms with E-state index in [1.165, 1.54) is 6.42 Å². The molecule has 5 nitrogen and oxygen atoms in total. The molecule has 0 amide bonds. The van der Waals surface area contributed by atoms with Gasteiger partial charge in [0.15, 0.2) is 0 Å². The Morgan fingerprint density at radius 3 is 2.67 bits per heavy atom. The number of nitrogens with one attached hydrogen (secondary N) is 2. The second-order valence-corrected chi connectivity index (χ2v) is 8.31. The van der Waals surface area contributed by atoms with Gasteiger partial charge in [0.1, 0.15) is 0 Å². The molecule has 1 heterocycles. The van der Waals surface area contributed by atoms with Gasteiger partial charge in [-0.15, -0.1) is 0 Å². The first-order valence-electron chi connectivity index (χ1n) is 8.52. The minimum Gasteiger partial charge on any atom is -0.315 e. The Labute approximate surface area is 130 Å². The minimum absolute atomic E-state index is 0.109. The molecule has 21 heavy (non-hydrogen) atoms. The molecule has 0 aromatic carbocycles. The van der Waals surface area contributed by atoms with Crippen molar-refractivity contribution >= 4 is 10.2 Å². The minimum atomic E-state index is -3.34. The summed E-state index contributed by atoms with van der Waals surface area (Å²) in [6.45, 7) is 6.59. The van der Waals surface area contributed by atoms with E-state index in [9.17, 15) is 8.42 Å². The van der Waals surface area contributed by atoms with Gasteiger partial charge in [0.25, 0.3) is 10.2 Å². The van der Waals surface area contributed by atoms with Crippen molar-refractivity contribution in [2.45, 2.75) is 70.9 Å². The van der Waals surface area contributed by atoms with E-state index in [-0.39, 0.29) is 12.1 Å². The van der Waals surface area contributed by atoms with Gasteiger partial charge < -0.3 is 5.32 Å². The molecule has 0 radical (unpaired) electrons. The highest BCUT2D eigenvalue weighted by atomic mass is 32.2. The Balaban J connectivity index is 1.98. The molecule has 2 rings (SSSR count). The van der Waals surface area contributed by atoms with Crippen LogP contribution >= 0.6 is 0 Å². The Kier molecular flexibility index (Phi) is 6.47. The topological polar surface area (TPSA) is 61.4 Å². The van der Waals surface area contributed by atoms with Crippen LogP contribution in [0.5, 0.6) is 0 Å². The van der Waals surface area contributed by atoms with Crippen molar-refractivity contribution < 1.29 is 8.42 Å². The zero-order valence-electron chi connectivity index (χ0n) is 13.5. The number of rotatable bonds is 6. The van der Waals surface area contributed by atoms with E-state index in [0.717, 1.165) is 51.6 Å². The first-order chi connectivity index (χ1) is 10.0. The Morgan fingerprint density at radius 2 is 1.95 bits per heavy atom. The molecule has 2 fully saturated rings. The fraction of sp³-hybridized carbons (Fsp3) is 1.00. The number of hydrogen-bond acceptors (Lipinski definition) is 3. The van der Waals surface area contributed by atoms with Gasteiger partial charge in [-0.05, 0) is 38.1 Å². The lowest BCUT2D eigenvalue weighted by Crippen LogP contribution is -2.54. The van der Waals surface area contributed by atoms with Crippen LogP contribution in [-0.4, -0.2) is 44.4 Å². The van der Waals surface area contributed by atoms with Crippen LogP contribution in [0, 0.1) is 5.92 Å². The van der Waals surface area contributed by atoms with E-state index >= 15 is 0 Å². The van der Waals surface area contributed by atoms with Crippen LogP contribution in [0.2, 0.25) is 0 Å². The van der Waals surface area contributed by atoms with Gasteiger partial charge in [-0.3, -0.25) is 0 Å². The van der Waals surface area contributed by atoms with Gasteiger partial charge in [-0.1, -0.05) is 33.1 Å². The zero-order valence-corrected chi connectivity index (χ0v) is 14.3. The molecule has 1 aliphatic heterocycles. The van der Waals surface area contributed by atoms with Gasteiger partial charge in [-0.25, -0.2) is 0 Å². The smallest absolute Gasteiger partial charge is 0.279 e. The average Bonchev–Trinajstić information content (AvgIpc) is 2.45. The number of hydrogen-bond donors (Lipinski definition) is 2. The highest BCUT2D eigenvalue weighted by molar-refractivity contribution is 7.87. The van der Waals surface area contributed by atoms with Gasteiger partial charge in [0.05, 0.1) is 0 Å². The predicted molar refractivity (Wildman–Crippen MR) is 86.4 cm³/mol. The van der Waals surface area contributed by atoms with E-state index in [4.69, 9.17) is 0 Å². The first-order valence-corrected chi connectivity index (χ1v) is 9.96. The van der Waals surface area contributed by atoms with Crippen molar-refractivity contribution in [2.24, 2.45) is 5.92 Å². The Hall–Kier alpha value is -0.170. The largest absolute Gasteiger partial charge is 0.315 e. The third kappa shape index (κ3) is 4.91. The molecule has 3 unspecified atom stereocenters. The standard InChI is InChI=1S/C15H31N3O2S/c1-3-16-12-15-9-4-5-10-18(15)21(19,20)17-14-8-6-7-13(2)11-14/h13-17H,3-12H2,1-2H3. The summed E-state index contributed by atoms with van der Waals surface area (Å²) in [5.74, 6) is 0.630. The van der Waals surface area contributed by atoms with Gasteiger partial charge in [0.2, 0.25) is 0 Å². The third-order valence-electron chi connectivity index (χ3n) is 4.76. The van der Waals surface area contributed by atoms with Crippen molar-refractivity contribution in [3.63, 3.8) is 0 Å². The molecule has 1 aliphatic carbocycles. The van der Waals surface area contributed by atoms with E-state index in [1.54, 1.807) is 4.31 Å². The van der Waals surface area contributed by atoms with Crippen molar-refractivity contribution in [1.82, 2.24) is 14.3 Å². The summed E-state index contributed by atoms with van der Waals surface area (Å²) in [4.78, 5) is 0. The molecule has 0 aromatic heterocycles. The lowest BCUT2D eigenvalue weighted by Gasteiger charge is -2.37. The van der Waals surface area contributed by atoms with E-state index in [0.29, 0.717) is 12.5 Å². The highest BCUT2D eigenvalue weighted by Crippen LogP contribution is 2.25.